The Bertz CT molecular complexity index is 521. The zero-order chi connectivity index (χ0) is 14.4. The van der Waals surface area contributed by atoms with Gasteiger partial charge < -0.3 is 4.74 Å². The van der Waals surface area contributed by atoms with Gasteiger partial charge in [-0.2, -0.15) is 0 Å². The normalized spacial score (nSPS) is 37.5. The first-order valence-electron chi connectivity index (χ1n) is 9.03. The van der Waals surface area contributed by atoms with E-state index < -0.39 is 0 Å². The predicted molar refractivity (Wildman–Crippen MR) is 86.8 cm³/mol. The van der Waals surface area contributed by atoms with Gasteiger partial charge in [0.2, 0.25) is 0 Å². The van der Waals surface area contributed by atoms with Gasteiger partial charge in [0.25, 0.3) is 0 Å². The lowest BCUT2D eigenvalue weighted by atomic mass is 9.60. The van der Waals surface area contributed by atoms with E-state index in [1.165, 1.54) is 38.5 Å². The SMILES string of the molecule is CCOc1ccc2c(c1)CC[C@@H]1[C@@H]2CCC2C(C)CC[C@H]21. The number of rotatable bonds is 2. The van der Waals surface area contributed by atoms with Crippen molar-refractivity contribution in [2.75, 3.05) is 6.61 Å². The first-order chi connectivity index (χ1) is 10.3. The number of aryl methyl sites for hydroxylation is 1. The molecule has 1 aromatic carbocycles. The Morgan fingerprint density at radius 1 is 1.00 bits per heavy atom. The Kier molecular flexibility index (Phi) is 3.47. The van der Waals surface area contributed by atoms with E-state index in [0.717, 1.165) is 41.9 Å². The van der Waals surface area contributed by atoms with Gasteiger partial charge in [0, 0.05) is 0 Å². The number of fused-ring (bicyclic) bond motifs is 5. The lowest BCUT2D eigenvalue weighted by molar-refractivity contribution is 0.119. The summed E-state index contributed by atoms with van der Waals surface area (Å²) in [5.74, 6) is 5.93. The van der Waals surface area contributed by atoms with Gasteiger partial charge in [-0.25, -0.2) is 0 Å². The van der Waals surface area contributed by atoms with E-state index in [0.29, 0.717) is 0 Å². The van der Waals surface area contributed by atoms with Crippen LogP contribution in [-0.4, -0.2) is 6.61 Å². The molecular weight excluding hydrogens is 256 g/mol. The highest BCUT2D eigenvalue weighted by Crippen LogP contribution is 2.56. The molecule has 0 radical (unpaired) electrons. The number of benzene rings is 1. The fourth-order valence-electron chi connectivity index (χ4n) is 5.76. The maximum atomic E-state index is 5.69. The van der Waals surface area contributed by atoms with Crippen LogP contribution in [0.25, 0.3) is 0 Å². The molecular formula is C20H28O. The molecule has 1 aromatic rings. The van der Waals surface area contributed by atoms with E-state index in [4.69, 9.17) is 4.74 Å². The molecule has 3 aliphatic rings. The van der Waals surface area contributed by atoms with E-state index in [-0.39, 0.29) is 0 Å². The fraction of sp³-hybridized carbons (Fsp3) is 0.700. The van der Waals surface area contributed by atoms with Crippen molar-refractivity contribution >= 4 is 0 Å². The molecule has 0 amide bonds. The van der Waals surface area contributed by atoms with Crippen LogP contribution in [0.3, 0.4) is 0 Å². The van der Waals surface area contributed by atoms with E-state index in [1.807, 2.05) is 0 Å². The van der Waals surface area contributed by atoms with E-state index in [1.54, 1.807) is 11.1 Å². The summed E-state index contributed by atoms with van der Waals surface area (Å²) in [6.07, 6.45) is 8.57. The van der Waals surface area contributed by atoms with Crippen LogP contribution in [0.2, 0.25) is 0 Å². The van der Waals surface area contributed by atoms with Crippen LogP contribution in [0.15, 0.2) is 18.2 Å². The average molecular weight is 284 g/mol. The Morgan fingerprint density at radius 2 is 1.86 bits per heavy atom. The van der Waals surface area contributed by atoms with Gasteiger partial charge in [-0.05, 0) is 91.9 Å². The van der Waals surface area contributed by atoms with Crippen molar-refractivity contribution in [2.45, 2.75) is 58.3 Å². The summed E-state index contributed by atoms with van der Waals surface area (Å²) in [5, 5.41) is 0. The molecule has 114 valence electrons. The van der Waals surface area contributed by atoms with Crippen molar-refractivity contribution in [3.63, 3.8) is 0 Å². The average Bonchev–Trinajstić information content (AvgIpc) is 2.89. The lowest BCUT2D eigenvalue weighted by Crippen LogP contribution is -2.35. The van der Waals surface area contributed by atoms with E-state index in [9.17, 15) is 0 Å². The standard InChI is InChI=1S/C20H28O/c1-3-21-15-6-9-17-14(12-15)5-8-20-18-7-4-13(2)16(18)10-11-19(17)20/h6,9,12-13,16,18-20H,3-5,7-8,10-11H2,1-2H3/t13?,16?,18-,19-,20+/m1/s1. The molecule has 0 bridgehead atoms. The van der Waals surface area contributed by atoms with E-state index in [2.05, 4.69) is 32.0 Å². The minimum Gasteiger partial charge on any atom is -0.494 e. The first-order valence-corrected chi connectivity index (χ1v) is 9.03. The van der Waals surface area contributed by atoms with Gasteiger partial charge in [-0.1, -0.05) is 19.4 Å². The Morgan fingerprint density at radius 3 is 2.71 bits per heavy atom. The van der Waals surface area contributed by atoms with Crippen LogP contribution in [-0.2, 0) is 6.42 Å². The van der Waals surface area contributed by atoms with Crippen LogP contribution in [0.1, 0.15) is 63.0 Å². The second-order valence-electron chi connectivity index (χ2n) is 7.56. The van der Waals surface area contributed by atoms with Crippen LogP contribution >= 0.6 is 0 Å². The van der Waals surface area contributed by atoms with Gasteiger partial charge in [0.15, 0.2) is 0 Å². The third-order valence-electron chi connectivity index (χ3n) is 6.69. The highest BCUT2D eigenvalue weighted by atomic mass is 16.5. The van der Waals surface area contributed by atoms with Gasteiger partial charge in [-0.3, -0.25) is 0 Å². The molecule has 0 aliphatic heterocycles. The van der Waals surface area contributed by atoms with Crippen molar-refractivity contribution < 1.29 is 4.74 Å². The molecule has 3 aliphatic carbocycles. The zero-order valence-corrected chi connectivity index (χ0v) is 13.5. The highest BCUT2D eigenvalue weighted by molar-refractivity contribution is 5.40. The van der Waals surface area contributed by atoms with Crippen molar-refractivity contribution in [2.24, 2.45) is 23.7 Å². The number of hydrogen-bond acceptors (Lipinski definition) is 1. The summed E-state index contributed by atoms with van der Waals surface area (Å²) in [7, 11) is 0. The van der Waals surface area contributed by atoms with Crippen LogP contribution in [0, 0.1) is 23.7 Å². The Hall–Kier alpha value is -0.980. The van der Waals surface area contributed by atoms with Crippen LogP contribution in [0.4, 0.5) is 0 Å². The molecule has 0 heterocycles. The Labute approximate surface area is 129 Å². The lowest BCUT2D eigenvalue weighted by Gasteiger charge is -2.45. The molecule has 0 saturated heterocycles. The van der Waals surface area contributed by atoms with Crippen molar-refractivity contribution in [3.05, 3.63) is 29.3 Å². The summed E-state index contributed by atoms with van der Waals surface area (Å²) >= 11 is 0. The number of ether oxygens (including phenoxy) is 1. The second-order valence-corrected chi connectivity index (χ2v) is 7.56. The maximum absolute atomic E-state index is 5.69. The molecule has 0 spiro atoms. The Balaban J connectivity index is 1.62. The van der Waals surface area contributed by atoms with Gasteiger partial charge in [0.1, 0.15) is 5.75 Å². The second kappa shape index (κ2) is 5.34. The predicted octanol–water partition coefficient (Wildman–Crippen LogP) is 5.19. The van der Waals surface area contributed by atoms with Crippen molar-refractivity contribution in [3.8, 4) is 5.75 Å². The monoisotopic (exact) mass is 284 g/mol. The third-order valence-corrected chi connectivity index (χ3v) is 6.69. The summed E-state index contributed by atoms with van der Waals surface area (Å²) in [6, 6.07) is 6.91. The van der Waals surface area contributed by atoms with Gasteiger partial charge in [-0.15, -0.1) is 0 Å². The molecule has 4 rings (SSSR count). The van der Waals surface area contributed by atoms with Crippen LogP contribution in [0.5, 0.6) is 5.75 Å². The molecule has 1 heteroatoms. The zero-order valence-electron chi connectivity index (χ0n) is 13.5. The van der Waals surface area contributed by atoms with Gasteiger partial charge in [0.05, 0.1) is 6.61 Å². The number of hydrogen-bond donors (Lipinski definition) is 0. The smallest absolute Gasteiger partial charge is 0.119 e. The molecule has 21 heavy (non-hydrogen) atoms. The largest absolute Gasteiger partial charge is 0.494 e. The summed E-state index contributed by atoms with van der Waals surface area (Å²) < 4.78 is 5.69. The molecule has 5 atom stereocenters. The molecule has 2 unspecified atom stereocenters. The molecule has 0 N–H and O–H groups in total. The van der Waals surface area contributed by atoms with Gasteiger partial charge >= 0.3 is 0 Å². The topological polar surface area (TPSA) is 9.23 Å². The summed E-state index contributed by atoms with van der Waals surface area (Å²) in [5.41, 5.74) is 3.24. The van der Waals surface area contributed by atoms with E-state index >= 15 is 0 Å². The van der Waals surface area contributed by atoms with Crippen LogP contribution < -0.4 is 4.74 Å². The maximum Gasteiger partial charge on any atom is 0.119 e. The molecule has 2 fully saturated rings. The summed E-state index contributed by atoms with van der Waals surface area (Å²) in [4.78, 5) is 0. The first kappa shape index (κ1) is 13.7. The molecule has 0 aromatic heterocycles. The fourth-order valence-corrected chi connectivity index (χ4v) is 5.76. The molecule has 1 nitrogen and oxygen atoms in total. The quantitative estimate of drug-likeness (QED) is 0.726. The highest BCUT2D eigenvalue weighted by Gasteiger charge is 2.46. The third kappa shape index (κ3) is 2.20. The van der Waals surface area contributed by atoms with Crippen molar-refractivity contribution in [1.29, 1.82) is 0 Å². The minimum atomic E-state index is 0.770. The molecule has 2 saturated carbocycles. The summed E-state index contributed by atoms with van der Waals surface area (Å²) in [6.45, 7) is 5.33. The van der Waals surface area contributed by atoms with Crippen molar-refractivity contribution in [1.82, 2.24) is 0 Å². The minimum absolute atomic E-state index is 0.770.